The number of methoxy groups -OCH3 is 2. The molecule has 0 aliphatic heterocycles. The number of hydrogen-bond donors (Lipinski definition) is 0. The van der Waals surface area contributed by atoms with E-state index in [1.807, 2.05) is 17.5 Å². The van der Waals surface area contributed by atoms with Crippen molar-refractivity contribution in [2.24, 2.45) is 0 Å². The van der Waals surface area contributed by atoms with Crippen molar-refractivity contribution < 1.29 is 14.3 Å². The number of ether oxygens (including phenoxy) is 2. The maximum absolute atomic E-state index is 12.4. The molecule has 0 unspecified atom stereocenters. The summed E-state index contributed by atoms with van der Waals surface area (Å²) in [6, 6.07) is 9.13. The molecule has 0 saturated heterocycles. The normalized spacial score (nSPS) is 10.6. The van der Waals surface area contributed by atoms with Crippen LogP contribution < -0.4 is 9.47 Å². The van der Waals surface area contributed by atoms with Crippen LogP contribution in [-0.2, 0) is 6.54 Å². The van der Waals surface area contributed by atoms with E-state index in [4.69, 9.17) is 9.47 Å². The molecule has 0 saturated carbocycles. The molecule has 2 aromatic heterocycles. The van der Waals surface area contributed by atoms with Crippen LogP contribution in [0.4, 0.5) is 0 Å². The molecule has 0 spiro atoms. The fraction of sp³-hybridized carbons (Fsp3) is 0.250. The molecular formula is C16H16N4O3S2. The number of Topliss-reactive ketones (excluding diaryl/α,β-unsaturated/α-hetero) is 1. The molecule has 25 heavy (non-hydrogen) atoms. The number of carbonyl (C=O) groups excluding carboxylic acids is 1. The molecule has 3 aromatic rings. The third kappa shape index (κ3) is 4.18. The second kappa shape index (κ2) is 8.13. The Morgan fingerprint density at radius 1 is 1.24 bits per heavy atom. The maximum Gasteiger partial charge on any atom is 0.210 e. The number of rotatable bonds is 8. The molecule has 0 fully saturated rings. The molecule has 2 heterocycles. The second-order valence-corrected chi connectivity index (χ2v) is 6.95. The summed E-state index contributed by atoms with van der Waals surface area (Å²) in [6.45, 7) is 0.595. The quantitative estimate of drug-likeness (QED) is 0.442. The van der Waals surface area contributed by atoms with Gasteiger partial charge in [0.15, 0.2) is 17.3 Å². The van der Waals surface area contributed by atoms with Crippen molar-refractivity contribution in [3.05, 3.63) is 46.2 Å². The Hall–Kier alpha value is -2.39. The summed E-state index contributed by atoms with van der Waals surface area (Å²) >= 11 is 2.95. The molecule has 0 aliphatic rings. The lowest BCUT2D eigenvalue weighted by molar-refractivity contribution is 0.102. The first-order chi connectivity index (χ1) is 12.2. The molecule has 1 aromatic carbocycles. The minimum Gasteiger partial charge on any atom is -0.493 e. The van der Waals surface area contributed by atoms with Gasteiger partial charge in [-0.25, -0.2) is 4.68 Å². The van der Waals surface area contributed by atoms with Crippen LogP contribution in [0.2, 0.25) is 0 Å². The molecule has 0 aliphatic carbocycles. The van der Waals surface area contributed by atoms with Crippen molar-refractivity contribution in [1.82, 2.24) is 20.2 Å². The highest BCUT2D eigenvalue weighted by atomic mass is 32.2. The number of carbonyl (C=O) groups is 1. The Bertz CT molecular complexity index is 849. The van der Waals surface area contributed by atoms with Crippen LogP contribution in [0.3, 0.4) is 0 Å². The van der Waals surface area contributed by atoms with Crippen LogP contribution >= 0.6 is 23.1 Å². The summed E-state index contributed by atoms with van der Waals surface area (Å²) < 4.78 is 12.1. The lowest BCUT2D eigenvalue weighted by atomic mass is 10.1. The molecule has 0 radical (unpaired) electrons. The molecule has 0 amide bonds. The summed E-state index contributed by atoms with van der Waals surface area (Å²) in [5, 5.41) is 14.3. The van der Waals surface area contributed by atoms with E-state index >= 15 is 0 Å². The molecule has 7 nitrogen and oxygen atoms in total. The highest BCUT2D eigenvalue weighted by molar-refractivity contribution is 7.99. The minimum absolute atomic E-state index is 0.0309. The van der Waals surface area contributed by atoms with Crippen molar-refractivity contribution in [1.29, 1.82) is 0 Å². The third-order valence-corrected chi connectivity index (χ3v) is 5.24. The highest BCUT2D eigenvalue weighted by Crippen LogP contribution is 2.28. The average Bonchev–Trinajstić information content (AvgIpc) is 3.31. The largest absolute Gasteiger partial charge is 0.493 e. The van der Waals surface area contributed by atoms with E-state index in [0.29, 0.717) is 28.8 Å². The molecule has 0 bridgehead atoms. The van der Waals surface area contributed by atoms with Crippen LogP contribution in [-0.4, -0.2) is 46.0 Å². The zero-order valence-corrected chi connectivity index (χ0v) is 15.3. The van der Waals surface area contributed by atoms with Gasteiger partial charge in [0.25, 0.3) is 0 Å². The van der Waals surface area contributed by atoms with Gasteiger partial charge in [-0.1, -0.05) is 17.8 Å². The molecular weight excluding hydrogens is 360 g/mol. The van der Waals surface area contributed by atoms with Gasteiger partial charge < -0.3 is 9.47 Å². The Morgan fingerprint density at radius 3 is 2.80 bits per heavy atom. The summed E-state index contributed by atoms with van der Waals surface area (Å²) in [5.41, 5.74) is 0.558. The first-order valence-corrected chi connectivity index (χ1v) is 9.24. The Kier molecular flexibility index (Phi) is 5.67. The van der Waals surface area contributed by atoms with Crippen LogP contribution in [0.5, 0.6) is 11.5 Å². The SMILES string of the molecule is COc1ccc(C(=O)CSc2nnnn2Cc2cccs2)cc1OC. The smallest absolute Gasteiger partial charge is 0.210 e. The maximum atomic E-state index is 12.4. The fourth-order valence-corrected chi connectivity index (χ4v) is 3.63. The number of aromatic nitrogens is 4. The highest BCUT2D eigenvalue weighted by Gasteiger charge is 2.14. The van der Waals surface area contributed by atoms with Gasteiger partial charge in [0.1, 0.15) is 0 Å². The topological polar surface area (TPSA) is 79.1 Å². The summed E-state index contributed by atoms with van der Waals surface area (Å²) in [7, 11) is 3.10. The van der Waals surface area contributed by atoms with E-state index in [2.05, 4.69) is 15.5 Å². The number of nitrogens with zero attached hydrogens (tertiary/aromatic N) is 4. The molecule has 0 atom stereocenters. The Labute approximate surface area is 153 Å². The lowest BCUT2D eigenvalue weighted by Gasteiger charge is -2.09. The van der Waals surface area contributed by atoms with E-state index < -0.39 is 0 Å². The molecule has 0 N–H and O–H groups in total. The van der Waals surface area contributed by atoms with Gasteiger partial charge in [-0.05, 0) is 40.1 Å². The van der Waals surface area contributed by atoms with Crippen molar-refractivity contribution >= 4 is 28.9 Å². The van der Waals surface area contributed by atoms with Crippen LogP contribution in [0.25, 0.3) is 0 Å². The number of tetrazole rings is 1. The molecule has 3 rings (SSSR count). The molecule has 9 heteroatoms. The zero-order valence-electron chi connectivity index (χ0n) is 13.7. The van der Waals surface area contributed by atoms with Crippen molar-refractivity contribution in [3.63, 3.8) is 0 Å². The zero-order chi connectivity index (χ0) is 17.6. The van der Waals surface area contributed by atoms with Crippen LogP contribution in [0, 0.1) is 0 Å². The number of ketones is 1. The average molecular weight is 376 g/mol. The van der Waals surface area contributed by atoms with E-state index in [1.165, 1.54) is 11.8 Å². The van der Waals surface area contributed by atoms with Crippen molar-refractivity contribution in [3.8, 4) is 11.5 Å². The van der Waals surface area contributed by atoms with Gasteiger partial charge in [0.05, 0.1) is 26.5 Å². The lowest BCUT2D eigenvalue weighted by Crippen LogP contribution is -2.07. The first kappa shape index (κ1) is 17.4. The van der Waals surface area contributed by atoms with Gasteiger partial charge >= 0.3 is 0 Å². The molecule has 130 valence electrons. The summed E-state index contributed by atoms with van der Waals surface area (Å²) in [5.74, 6) is 1.32. The number of thioether (sulfide) groups is 1. The summed E-state index contributed by atoms with van der Waals surface area (Å²) in [6.07, 6.45) is 0. The van der Waals surface area contributed by atoms with E-state index in [0.717, 1.165) is 4.88 Å². The van der Waals surface area contributed by atoms with Crippen LogP contribution in [0.1, 0.15) is 15.2 Å². The van der Waals surface area contributed by atoms with Gasteiger partial charge in [0, 0.05) is 10.4 Å². The standard InChI is InChI=1S/C16H16N4O3S2/c1-22-14-6-5-11(8-15(14)23-2)13(21)10-25-16-17-18-19-20(16)9-12-4-3-7-24-12/h3-8H,9-10H2,1-2H3. The number of benzene rings is 1. The predicted octanol–water partition coefficient (Wildman–Crippen LogP) is 2.78. The minimum atomic E-state index is -0.0309. The Balaban J connectivity index is 1.66. The second-order valence-electron chi connectivity index (χ2n) is 4.98. The van der Waals surface area contributed by atoms with Gasteiger partial charge in [0.2, 0.25) is 5.16 Å². The monoisotopic (exact) mass is 376 g/mol. The van der Waals surface area contributed by atoms with E-state index in [9.17, 15) is 4.79 Å². The van der Waals surface area contributed by atoms with E-state index in [-0.39, 0.29) is 11.5 Å². The van der Waals surface area contributed by atoms with Gasteiger partial charge in [-0.2, -0.15) is 0 Å². The predicted molar refractivity (Wildman–Crippen MR) is 95.8 cm³/mol. The van der Waals surface area contributed by atoms with Gasteiger partial charge in [-0.15, -0.1) is 16.4 Å². The van der Waals surface area contributed by atoms with Gasteiger partial charge in [-0.3, -0.25) is 4.79 Å². The number of thiophene rings is 1. The third-order valence-electron chi connectivity index (χ3n) is 3.42. The van der Waals surface area contributed by atoms with Crippen molar-refractivity contribution in [2.75, 3.05) is 20.0 Å². The fourth-order valence-electron chi connectivity index (χ4n) is 2.17. The number of hydrogen-bond acceptors (Lipinski definition) is 8. The first-order valence-electron chi connectivity index (χ1n) is 7.38. The van der Waals surface area contributed by atoms with Crippen LogP contribution in [0.15, 0.2) is 40.9 Å². The van der Waals surface area contributed by atoms with Crippen molar-refractivity contribution in [2.45, 2.75) is 11.7 Å². The Morgan fingerprint density at radius 2 is 2.08 bits per heavy atom. The summed E-state index contributed by atoms with van der Waals surface area (Å²) in [4.78, 5) is 13.6. The van der Waals surface area contributed by atoms with E-state index in [1.54, 1.807) is 48.4 Å².